The zero-order valence-electron chi connectivity index (χ0n) is 33.0. The maximum atomic E-state index is 13.4. The summed E-state index contributed by atoms with van der Waals surface area (Å²) in [6.45, 7) is 14.5. The fourth-order valence-corrected chi connectivity index (χ4v) is 6.22. The van der Waals surface area contributed by atoms with Crippen LogP contribution in [0.1, 0.15) is 85.8 Å². The van der Waals surface area contributed by atoms with E-state index >= 15 is 0 Å². The van der Waals surface area contributed by atoms with Gasteiger partial charge in [0.25, 0.3) is 0 Å². The molecule has 290 valence electrons. The highest BCUT2D eigenvalue weighted by Gasteiger charge is 2.44. The normalized spacial score (nSPS) is 13.4. The average Bonchev–Trinajstić information content (AvgIpc) is 3.44. The van der Waals surface area contributed by atoms with Crippen LogP contribution in [-0.4, -0.2) is 77.3 Å². The largest absolute Gasteiger partial charge is 0.467 e. The number of para-hydroxylation sites is 1. The number of rotatable bonds is 15. The van der Waals surface area contributed by atoms with Crippen LogP contribution in [0, 0.1) is 5.92 Å². The third-order valence-corrected chi connectivity index (χ3v) is 9.06. The third kappa shape index (κ3) is 11.2. The van der Waals surface area contributed by atoms with E-state index in [4.69, 9.17) is 14.2 Å². The molecule has 3 aromatic rings. The number of benzene rings is 2. The van der Waals surface area contributed by atoms with Crippen LogP contribution in [0.3, 0.4) is 0 Å². The fraction of sp³-hybridized carbons (Fsp3) is 0.525. The highest BCUT2D eigenvalue weighted by Crippen LogP contribution is 2.37. The van der Waals surface area contributed by atoms with Crippen LogP contribution >= 0.6 is 0 Å². The van der Waals surface area contributed by atoms with Gasteiger partial charge in [0.15, 0.2) is 0 Å². The van der Waals surface area contributed by atoms with Gasteiger partial charge in [-0.2, -0.15) is 0 Å². The van der Waals surface area contributed by atoms with Gasteiger partial charge in [-0.15, -0.1) is 0 Å². The summed E-state index contributed by atoms with van der Waals surface area (Å²) in [5.41, 5.74) is 1.43. The lowest BCUT2D eigenvalue weighted by atomic mass is 9.77. The molecule has 0 saturated carbocycles. The molecule has 3 N–H and O–H groups in total. The topological polar surface area (TPSA) is 157 Å². The lowest BCUT2D eigenvalue weighted by molar-refractivity contribution is -0.148. The Labute approximate surface area is 313 Å². The fourth-order valence-electron chi connectivity index (χ4n) is 6.22. The number of hydrogen-bond donors (Lipinski definition) is 3. The molecule has 0 aliphatic carbocycles. The minimum absolute atomic E-state index is 0.0869. The number of amides is 4. The summed E-state index contributed by atoms with van der Waals surface area (Å²) in [5.74, 6) is -1.73. The molecule has 53 heavy (non-hydrogen) atoms. The lowest BCUT2D eigenvalue weighted by Crippen LogP contribution is -2.55. The standard InChI is InChI=1S/C40H57N5O8/c1-12-13-17-30(42-35(47)32(25(2)3)43-37(49)53-39(4,5)6)34(46)41-27-21-19-26(20-22-27)24-52-38(50)45(10)33(36(48)51-11)40(7,8)29-23-44(9)31-18-15-14-16-28(29)31/h14-16,18-23,25,30,32-33H,12-13,17,24H2,1-11H3,(H,41,46)(H,42,47)(H,43,49)/t30-,32?,33+/m0/s1. The Morgan fingerprint density at radius 2 is 1.55 bits per heavy atom. The van der Waals surface area contributed by atoms with E-state index in [1.54, 1.807) is 58.9 Å². The number of ether oxygens (including phenoxy) is 3. The molecule has 2 aromatic carbocycles. The molecule has 0 fully saturated rings. The molecule has 3 rings (SSSR count). The number of aromatic nitrogens is 1. The molecule has 13 heteroatoms. The molecule has 0 bridgehead atoms. The Kier molecular flexibility index (Phi) is 14.5. The minimum atomic E-state index is -0.992. The number of nitrogens with zero attached hydrogens (tertiary/aromatic N) is 2. The number of anilines is 1. The summed E-state index contributed by atoms with van der Waals surface area (Å²) < 4.78 is 18.1. The number of carbonyl (C=O) groups is 5. The number of fused-ring (bicyclic) bond motifs is 1. The van der Waals surface area contributed by atoms with Crippen molar-refractivity contribution in [2.75, 3.05) is 19.5 Å². The second kappa shape index (κ2) is 18.1. The van der Waals surface area contributed by atoms with Crippen molar-refractivity contribution >= 4 is 46.6 Å². The van der Waals surface area contributed by atoms with E-state index in [2.05, 4.69) is 16.0 Å². The lowest BCUT2D eigenvalue weighted by Gasteiger charge is -2.37. The summed E-state index contributed by atoms with van der Waals surface area (Å²) in [6.07, 6.45) is 2.45. The van der Waals surface area contributed by atoms with E-state index in [1.807, 2.05) is 62.8 Å². The Balaban J connectivity index is 1.67. The zero-order chi connectivity index (χ0) is 39.7. The molecule has 0 saturated heterocycles. The van der Waals surface area contributed by atoms with Crippen LogP contribution in [-0.2, 0) is 47.7 Å². The molecule has 1 aromatic heterocycles. The molecule has 1 heterocycles. The minimum Gasteiger partial charge on any atom is -0.467 e. The van der Waals surface area contributed by atoms with Crippen LogP contribution < -0.4 is 16.0 Å². The van der Waals surface area contributed by atoms with Crippen molar-refractivity contribution in [3.05, 3.63) is 65.9 Å². The molecule has 0 radical (unpaired) electrons. The smallest absolute Gasteiger partial charge is 0.410 e. The molecule has 4 amide bonds. The van der Waals surface area contributed by atoms with Gasteiger partial charge < -0.3 is 34.7 Å². The van der Waals surface area contributed by atoms with Gasteiger partial charge in [-0.1, -0.05) is 77.8 Å². The first-order valence-electron chi connectivity index (χ1n) is 18.0. The van der Waals surface area contributed by atoms with Gasteiger partial charge in [-0.3, -0.25) is 14.5 Å². The molecule has 13 nitrogen and oxygen atoms in total. The first-order valence-corrected chi connectivity index (χ1v) is 18.0. The summed E-state index contributed by atoms with van der Waals surface area (Å²) >= 11 is 0. The van der Waals surface area contributed by atoms with Gasteiger partial charge in [-0.25, -0.2) is 14.4 Å². The number of alkyl carbamates (subject to hydrolysis) is 1. The SMILES string of the molecule is CCCC[C@H](NC(=O)C(NC(=O)OC(C)(C)C)C(C)C)C(=O)Nc1ccc(COC(=O)N(C)[C@H](C(=O)OC)C(C)(C)c2cn(C)c3ccccc23)cc1. The Morgan fingerprint density at radius 1 is 0.906 bits per heavy atom. The molecule has 3 atom stereocenters. The van der Waals surface area contributed by atoms with Crippen molar-refractivity contribution in [3.8, 4) is 0 Å². The van der Waals surface area contributed by atoms with Crippen molar-refractivity contribution < 1.29 is 38.2 Å². The zero-order valence-corrected chi connectivity index (χ0v) is 33.0. The summed E-state index contributed by atoms with van der Waals surface area (Å²) in [4.78, 5) is 66.9. The Hall–Kier alpha value is -5.07. The van der Waals surface area contributed by atoms with Crippen molar-refractivity contribution in [1.82, 2.24) is 20.1 Å². The number of nitrogens with one attached hydrogen (secondary N) is 3. The van der Waals surface area contributed by atoms with Crippen molar-refractivity contribution in [3.63, 3.8) is 0 Å². The van der Waals surface area contributed by atoms with Gasteiger partial charge in [0.05, 0.1) is 7.11 Å². The van der Waals surface area contributed by atoms with Crippen molar-refractivity contribution in [2.45, 2.75) is 110 Å². The number of methoxy groups -OCH3 is 1. The molecule has 0 aliphatic heterocycles. The van der Waals surface area contributed by atoms with Crippen molar-refractivity contribution in [2.24, 2.45) is 13.0 Å². The van der Waals surface area contributed by atoms with Crippen molar-refractivity contribution in [1.29, 1.82) is 0 Å². The molecule has 0 aliphatic rings. The Bertz CT molecular complexity index is 1740. The van der Waals surface area contributed by atoms with Crippen LogP contribution in [0.4, 0.5) is 15.3 Å². The van der Waals surface area contributed by atoms with E-state index in [0.29, 0.717) is 24.1 Å². The molecule has 0 spiro atoms. The second-order valence-corrected chi connectivity index (χ2v) is 15.2. The summed E-state index contributed by atoms with van der Waals surface area (Å²) in [6, 6.07) is 11.9. The highest BCUT2D eigenvalue weighted by molar-refractivity contribution is 5.98. The van der Waals surface area contributed by atoms with Gasteiger partial charge in [0, 0.05) is 42.3 Å². The quantitative estimate of drug-likeness (QED) is 0.119. The first-order chi connectivity index (χ1) is 24.8. The first kappa shape index (κ1) is 42.3. The summed E-state index contributed by atoms with van der Waals surface area (Å²) in [7, 11) is 4.74. The number of hydrogen-bond acceptors (Lipinski definition) is 8. The summed E-state index contributed by atoms with van der Waals surface area (Å²) in [5, 5.41) is 9.26. The van der Waals surface area contributed by atoms with E-state index in [-0.39, 0.29) is 12.5 Å². The maximum absolute atomic E-state index is 13.4. The van der Waals surface area contributed by atoms with E-state index in [1.165, 1.54) is 19.1 Å². The third-order valence-electron chi connectivity index (χ3n) is 9.06. The van der Waals surface area contributed by atoms with Crippen LogP contribution in [0.25, 0.3) is 10.9 Å². The van der Waals surface area contributed by atoms with E-state index in [9.17, 15) is 24.0 Å². The number of carbonyl (C=O) groups excluding carboxylic acids is 5. The van der Waals surface area contributed by atoms with Crippen LogP contribution in [0.15, 0.2) is 54.7 Å². The van der Waals surface area contributed by atoms with E-state index < -0.39 is 59.1 Å². The predicted molar refractivity (Wildman–Crippen MR) is 204 cm³/mol. The Morgan fingerprint density at radius 3 is 2.13 bits per heavy atom. The van der Waals surface area contributed by atoms with Gasteiger partial charge in [-0.05, 0) is 62.4 Å². The number of likely N-dealkylation sites (N-methyl/N-ethyl adjacent to an activating group) is 1. The van der Waals surface area contributed by atoms with Gasteiger partial charge >= 0.3 is 18.2 Å². The molecular formula is C40H57N5O8. The number of aryl methyl sites for hydroxylation is 1. The molecule has 1 unspecified atom stereocenters. The van der Waals surface area contributed by atoms with Crippen LogP contribution in [0.2, 0.25) is 0 Å². The monoisotopic (exact) mass is 735 g/mol. The van der Waals surface area contributed by atoms with E-state index in [0.717, 1.165) is 22.9 Å². The van der Waals surface area contributed by atoms with Crippen LogP contribution in [0.5, 0.6) is 0 Å². The average molecular weight is 736 g/mol. The number of esters is 1. The second-order valence-electron chi connectivity index (χ2n) is 15.2. The maximum Gasteiger partial charge on any atom is 0.410 e. The van der Waals surface area contributed by atoms with Gasteiger partial charge in [0.2, 0.25) is 11.8 Å². The molecular weight excluding hydrogens is 678 g/mol. The van der Waals surface area contributed by atoms with Gasteiger partial charge in [0.1, 0.15) is 30.3 Å². The highest BCUT2D eigenvalue weighted by atomic mass is 16.6. The predicted octanol–water partition coefficient (Wildman–Crippen LogP) is 6.43. The number of unbranched alkanes of at least 4 members (excludes halogenated alkanes) is 1.